The van der Waals surface area contributed by atoms with Crippen LogP contribution in [-0.4, -0.2) is 30.7 Å². The first-order chi connectivity index (χ1) is 12.9. The molecule has 0 saturated heterocycles. The molecule has 3 rings (SSSR count). The summed E-state index contributed by atoms with van der Waals surface area (Å²) in [6.07, 6.45) is 0.696. The third-order valence-corrected chi connectivity index (χ3v) is 5.04. The summed E-state index contributed by atoms with van der Waals surface area (Å²) in [7, 11) is 0. The Bertz CT molecular complexity index is 914. The van der Waals surface area contributed by atoms with E-state index in [0.717, 1.165) is 0 Å². The molecule has 0 amide bonds. The Balaban J connectivity index is 1.75. The Morgan fingerprint density at radius 3 is 2.26 bits per heavy atom. The maximum atomic E-state index is 12.9. The van der Waals surface area contributed by atoms with Crippen molar-refractivity contribution in [3.05, 3.63) is 64.7 Å². The smallest absolute Gasteiger partial charge is 0.311 e. The van der Waals surface area contributed by atoms with Gasteiger partial charge in [0.15, 0.2) is 11.6 Å². The number of esters is 1. The number of carbonyl (C=O) groups is 3. The predicted octanol–water partition coefficient (Wildman–Crippen LogP) is 3.85. The minimum absolute atomic E-state index is 0.153. The Morgan fingerprint density at radius 2 is 1.59 bits per heavy atom. The van der Waals surface area contributed by atoms with Gasteiger partial charge in [0.2, 0.25) is 0 Å². The fourth-order valence-electron chi connectivity index (χ4n) is 2.96. The van der Waals surface area contributed by atoms with Crippen LogP contribution in [-0.2, 0) is 9.53 Å². The Hall–Kier alpha value is -2.95. The molecule has 0 atom stereocenters. The van der Waals surface area contributed by atoms with Gasteiger partial charge < -0.3 is 10.1 Å². The standard InChI is InChI=1S/C22H23NO4/c1-4-22(2,3)21(26)27-13-12-23-17-11-7-10-16-18(17)20(25)15-9-6-5-8-14(15)19(16)24/h5-11,23H,4,12-13H2,1-3H3. The van der Waals surface area contributed by atoms with Crippen LogP contribution in [0.25, 0.3) is 0 Å². The average molecular weight is 365 g/mol. The summed E-state index contributed by atoms with van der Waals surface area (Å²) in [5.74, 6) is -0.575. The number of ether oxygens (including phenoxy) is 1. The summed E-state index contributed by atoms with van der Waals surface area (Å²) in [5.41, 5.74) is 1.68. The lowest BCUT2D eigenvalue weighted by atomic mass is 9.83. The molecule has 0 spiro atoms. The van der Waals surface area contributed by atoms with Crippen LogP contribution in [0.3, 0.4) is 0 Å². The van der Waals surface area contributed by atoms with Crippen LogP contribution in [0, 0.1) is 5.41 Å². The summed E-state index contributed by atoms with van der Waals surface area (Å²) < 4.78 is 5.31. The molecule has 0 saturated carbocycles. The van der Waals surface area contributed by atoms with Crippen LogP contribution >= 0.6 is 0 Å². The van der Waals surface area contributed by atoms with E-state index in [0.29, 0.717) is 40.9 Å². The van der Waals surface area contributed by atoms with Crippen molar-refractivity contribution in [3.8, 4) is 0 Å². The van der Waals surface area contributed by atoms with Crippen LogP contribution in [0.5, 0.6) is 0 Å². The second-order valence-corrected chi connectivity index (χ2v) is 7.23. The summed E-state index contributed by atoms with van der Waals surface area (Å²) in [6.45, 7) is 6.17. The maximum absolute atomic E-state index is 12.9. The van der Waals surface area contributed by atoms with Gasteiger partial charge in [0.1, 0.15) is 6.61 Å². The van der Waals surface area contributed by atoms with Crippen molar-refractivity contribution in [2.75, 3.05) is 18.5 Å². The number of carbonyl (C=O) groups excluding carboxylic acids is 3. The molecule has 2 aromatic carbocycles. The lowest BCUT2D eigenvalue weighted by molar-refractivity contribution is -0.153. The zero-order valence-electron chi connectivity index (χ0n) is 15.8. The van der Waals surface area contributed by atoms with Gasteiger partial charge >= 0.3 is 5.97 Å². The number of benzene rings is 2. The molecular formula is C22H23NO4. The summed E-state index contributed by atoms with van der Waals surface area (Å²) in [5, 5.41) is 3.13. The van der Waals surface area contributed by atoms with Crippen molar-refractivity contribution in [1.29, 1.82) is 0 Å². The van der Waals surface area contributed by atoms with E-state index in [4.69, 9.17) is 4.74 Å². The number of rotatable bonds is 6. The maximum Gasteiger partial charge on any atom is 0.311 e. The van der Waals surface area contributed by atoms with E-state index >= 15 is 0 Å². The SMILES string of the molecule is CCC(C)(C)C(=O)OCCNc1cccc2c1C(=O)c1ccccc1C2=O. The van der Waals surface area contributed by atoms with Gasteiger partial charge in [-0.25, -0.2) is 0 Å². The van der Waals surface area contributed by atoms with E-state index in [2.05, 4.69) is 5.32 Å². The molecule has 1 N–H and O–H groups in total. The molecule has 27 heavy (non-hydrogen) atoms. The largest absolute Gasteiger partial charge is 0.463 e. The molecule has 5 heteroatoms. The fraction of sp³-hybridized carbons (Fsp3) is 0.318. The number of hydrogen-bond acceptors (Lipinski definition) is 5. The lowest BCUT2D eigenvalue weighted by Crippen LogP contribution is -2.28. The third kappa shape index (κ3) is 3.50. The molecule has 0 aromatic heterocycles. The van der Waals surface area contributed by atoms with Gasteiger partial charge in [0.05, 0.1) is 11.0 Å². The first-order valence-corrected chi connectivity index (χ1v) is 9.09. The quantitative estimate of drug-likeness (QED) is 0.530. The molecule has 1 aliphatic rings. The second kappa shape index (κ2) is 7.35. The summed E-state index contributed by atoms with van der Waals surface area (Å²) in [4.78, 5) is 37.7. The van der Waals surface area contributed by atoms with Gasteiger partial charge in [-0.15, -0.1) is 0 Å². The van der Waals surface area contributed by atoms with Crippen molar-refractivity contribution < 1.29 is 19.1 Å². The highest BCUT2D eigenvalue weighted by atomic mass is 16.5. The van der Waals surface area contributed by atoms with Gasteiger partial charge in [-0.1, -0.05) is 43.3 Å². The van der Waals surface area contributed by atoms with Gasteiger partial charge in [-0.3, -0.25) is 14.4 Å². The number of fused-ring (bicyclic) bond motifs is 2. The molecule has 0 bridgehead atoms. The van der Waals surface area contributed by atoms with E-state index in [9.17, 15) is 14.4 Å². The van der Waals surface area contributed by atoms with Crippen LogP contribution in [0.15, 0.2) is 42.5 Å². The molecule has 0 heterocycles. The molecule has 5 nitrogen and oxygen atoms in total. The minimum atomic E-state index is -0.516. The molecule has 140 valence electrons. The molecule has 2 aromatic rings. The topological polar surface area (TPSA) is 72.5 Å². The number of nitrogens with one attached hydrogen (secondary N) is 1. The zero-order chi connectivity index (χ0) is 19.6. The van der Waals surface area contributed by atoms with E-state index < -0.39 is 5.41 Å². The molecule has 0 aliphatic heterocycles. The van der Waals surface area contributed by atoms with Crippen LogP contribution in [0.4, 0.5) is 5.69 Å². The van der Waals surface area contributed by atoms with Crippen molar-refractivity contribution in [2.45, 2.75) is 27.2 Å². The van der Waals surface area contributed by atoms with Crippen LogP contribution in [0.1, 0.15) is 59.0 Å². The first-order valence-electron chi connectivity index (χ1n) is 9.09. The first kappa shape index (κ1) is 18.8. The Morgan fingerprint density at radius 1 is 0.963 bits per heavy atom. The minimum Gasteiger partial charge on any atom is -0.463 e. The number of anilines is 1. The zero-order valence-corrected chi connectivity index (χ0v) is 15.8. The Labute approximate surface area is 158 Å². The van der Waals surface area contributed by atoms with Crippen molar-refractivity contribution in [1.82, 2.24) is 0 Å². The highest BCUT2D eigenvalue weighted by Crippen LogP contribution is 2.31. The van der Waals surface area contributed by atoms with E-state index in [-0.39, 0.29) is 24.1 Å². The monoisotopic (exact) mass is 365 g/mol. The lowest BCUT2D eigenvalue weighted by Gasteiger charge is -2.22. The van der Waals surface area contributed by atoms with Crippen LogP contribution < -0.4 is 5.32 Å². The third-order valence-electron chi connectivity index (χ3n) is 5.04. The number of ketones is 2. The van der Waals surface area contributed by atoms with Crippen molar-refractivity contribution >= 4 is 23.2 Å². The average Bonchev–Trinajstić information content (AvgIpc) is 2.69. The van der Waals surface area contributed by atoms with Gasteiger partial charge in [0, 0.05) is 28.9 Å². The second-order valence-electron chi connectivity index (χ2n) is 7.23. The van der Waals surface area contributed by atoms with E-state index in [1.54, 1.807) is 42.5 Å². The van der Waals surface area contributed by atoms with Crippen LogP contribution in [0.2, 0.25) is 0 Å². The van der Waals surface area contributed by atoms with Crippen molar-refractivity contribution in [3.63, 3.8) is 0 Å². The van der Waals surface area contributed by atoms with Gasteiger partial charge in [-0.2, -0.15) is 0 Å². The van der Waals surface area contributed by atoms with E-state index in [1.807, 2.05) is 20.8 Å². The molecule has 1 aliphatic carbocycles. The van der Waals surface area contributed by atoms with E-state index in [1.165, 1.54) is 0 Å². The Kier molecular flexibility index (Phi) is 5.13. The van der Waals surface area contributed by atoms with Crippen molar-refractivity contribution in [2.24, 2.45) is 5.41 Å². The molecule has 0 fully saturated rings. The molecular weight excluding hydrogens is 342 g/mol. The summed E-state index contributed by atoms with van der Waals surface area (Å²) in [6, 6.07) is 12.0. The van der Waals surface area contributed by atoms with Gasteiger partial charge in [-0.05, 0) is 26.3 Å². The predicted molar refractivity (Wildman–Crippen MR) is 103 cm³/mol. The normalized spacial score (nSPS) is 13.0. The van der Waals surface area contributed by atoms with Gasteiger partial charge in [0.25, 0.3) is 0 Å². The number of hydrogen-bond donors (Lipinski definition) is 1. The molecule has 0 unspecified atom stereocenters. The summed E-state index contributed by atoms with van der Waals surface area (Å²) >= 11 is 0. The highest BCUT2D eigenvalue weighted by Gasteiger charge is 2.31. The molecule has 0 radical (unpaired) electrons. The highest BCUT2D eigenvalue weighted by molar-refractivity contribution is 6.30. The fourth-order valence-corrected chi connectivity index (χ4v) is 2.96.